The Bertz CT molecular complexity index is 457. The van der Waals surface area contributed by atoms with E-state index in [9.17, 15) is 4.79 Å². The molecule has 0 aliphatic rings. The molecule has 130 valence electrons. The summed E-state index contributed by atoms with van der Waals surface area (Å²) in [7, 11) is 4.36. The maximum Gasteiger partial charge on any atom is 0.345 e. The summed E-state index contributed by atoms with van der Waals surface area (Å²) in [6.07, 6.45) is 4.21. The number of methoxy groups -OCH3 is 3. The Hall–Kier alpha value is -1.79. The van der Waals surface area contributed by atoms with E-state index in [1.165, 1.54) is 21.3 Å². The first-order valence-corrected chi connectivity index (χ1v) is 7.66. The lowest BCUT2D eigenvalue weighted by Gasteiger charge is -2.16. The average molecular weight is 326 g/mol. The van der Waals surface area contributed by atoms with Gasteiger partial charge in [0.15, 0.2) is 13.6 Å². The lowest BCUT2D eigenvalue weighted by atomic mass is 10.0. The van der Waals surface area contributed by atoms with Crippen LogP contribution >= 0.6 is 0 Å². The number of esters is 1. The van der Waals surface area contributed by atoms with Crippen molar-refractivity contribution in [3.8, 4) is 11.5 Å². The zero-order valence-corrected chi connectivity index (χ0v) is 14.3. The largest absolute Gasteiger partial charge is 0.467 e. The molecule has 0 fully saturated rings. The maximum absolute atomic E-state index is 12.1. The predicted molar refractivity (Wildman–Crippen MR) is 86.0 cm³/mol. The monoisotopic (exact) mass is 326 g/mol. The lowest BCUT2D eigenvalue weighted by molar-refractivity contribution is 0.0397. The fourth-order valence-corrected chi connectivity index (χ4v) is 2.14. The van der Waals surface area contributed by atoms with Crippen LogP contribution in [0.25, 0.3) is 0 Å². The van der Waals surface area contributed by atoms with Gasteiger partial charge in [-0.25, -0.2) is 4.79 Å². The van der Waals surface area contributed by atoms with Crippen molar-refractivity contribution in [2.75, 3.05) is 34.9 Å². The quantitative estimate of drug-likeness (QED) is 0.353. The number of rotatable bonds is 11. The lowest BCUT2D eigenvalue weighted by Crippen LogP contribution is -2.12. The van der Waals surface area contributed by atoms with Crippen LogP contribution in [0.4, 0.5) is 0 Å². The van der Waals surface area contributed by atoms with Crippen LogP contribution in [0.5, 0.6) is 11.5 Å². The number of unbranched alkanes of at least 4 members (excludes halogenated alkanes) is 2. The molecule has 0 aliphatic carbocycles. The Morgan fingerprint density at radius 3 is 1.96 bits per heavy atom. The zero-order chi connectivity index (χ0) is 17.1. The van der Waals surface area contributed by atoms with Gasteiger partial charge in [-0.2, -0.15) is 0 Å². The number of hydrogen-bond donors (Lipinski definition) is 0. The first-order valence-electron chi connectivity index (χ1n) is 7.66. The summed E-state index contributed by atoms with van der Waals surface area (Å²) in [6.45, 7) is 2.22. The van der Waals surface area contributed by atoms with Crippen molar-refractivity contribution >= 4 is 5.97 Å². The van der Waals surface area contributed by atoms with Gasteiger partial charge in [0, 0.05) is 14.2 Å². The topological polar surface area (TPSA) is 63.2 Å². The summed E-state index contributed by atoms with van der Waals surface area (Å²) >= 11 is 0. The molecule has 1 aromatic carbocycles. The summed E-state index contributed by atoms with van der Waals surface area (Å²) in [5.41, 5.74) is 1.27. The molecule has 0 aromatic heterocycles. The molecule has 0 saturated heterocycles. The molecule has 0 N–H and O–H groups in total. The molecule has 1 rings (SSSR count). The molecule has 0 saturated carbocycles. The number of carbonyl (C=O) groups excluding carboxylic acids is 1. The molecule has 1 aromatic rings. The Morgan fingerprint density at radius 1 is 0.957 bits per heavy atom. The van der Waals surface area contributed by atoms with Crippen LogP contribution in [0.3, 0.4) is 0 Å². The predicted octanol–water partition coefficient (Wildman–Crippen LogP) is 3.17. The van der Waals surface area contributed by atoms with Gasteiger partial charge in [0.05, 0.1) is 7.11 Å². The van der Waals surface area contributed by atoms with Crippen LogP contribution in [0.1, 0.15) is 42.1 Å². The molecule has 23 heavy (non-hydrogen) atoms. The van der Waals surface area contributed by atoms with Crippen LogP contribution in [0.15, 0.2) is 12.1 Å². The molecule has 0 amide bonds. The number of benzene rings is 1. The molecular weight excluding hydrogens is 300 g/mol. The van der Waals surface area contributed by atoms with E-state index in [0.29, 0.717) is 11.5 Å². The number of hydrogen-bond acceptors (Lipinski definition) is 6. The van der Waals surface area contributed by atoms with Gasteiger partial charge in [0.25, 0.3) is 0 Å². The van der Waals surface area contributed by atoms with Crippen LogP contribution in [-0.4, -0.2) is 40.9 Å². The Labute approximate surface area is 137 Å². The summed E-state index contributed by atoms with van der Waals surface area (Å²) < 4.78 is 25.8. The van der Waals surface area contributed by atoms with E-state index < -0.39 is 5.97 Å². The molecule has 0 heterocycles. The van der Waals surface area contributed by atoms with Crippen molar-refractivity contribution in [3.05, 3.63) is 23.3 Å². The van der Waals surface area contributed by atoms with E-state index in [0.717, 1.165) is 31.2 Å². The fourth-order valence-electron chi connectivity index (χ4n) is 2.14. The number of aryl methyl sites for hydroxylation is 1. The van der Waals surface area contributed by atoms with E-state index in [2.05, 4.69) is 6.92 Å². The van der Waals surface area contributed by atoms with Gasteiger partial charge in [-0.1, -0.05) is 19.8 Å². The van der Waals surface area contributed by atoms with Crippen molar-refractivity contribution in [1.82, 2.24) is 0 Å². The van der Waals surface area contributed by atoms with E-state index in [4.69, 9.17) is 23.7 Å². The van der Waals surface area contributed by atoms with Gasteiger partial charge in [0.2, 0.25) is 0 Å². The van der Waals surface area contributed by atoms with Gasteiger partial charge >= 0.3 is 5.97 Å². The molecule has 6 nitrogen and oxygen atoms in total. The molecule has 0 atom stereocenters. The molecule has 0 unspecified atom stereocenters. The van der Waals surface area contributed by atoms with Gasteiger partial charge in [0.1, 0.15) is 17.1 Å². The summed E-state index contributed by atoms with van der Waals surface area (Å²) in [6, 6.07) is 3.67. The van der Waals surface area contributed by atoms with Crippen LogP contribution < -0.4 is 9.47 Å². The second kappa shape index (κ2) is 10.9. The molecule has 0 radical (unpaired) electrons. The first-order chi connectivity index (χ1) is 11.2. The van der Waals surface area contributed by atoms with Crippen molar-refractivity contribution in [1.29, 1.82) is 0 Å². The Balaban J connectivity index is 3.17. The second-order valence-corrected chi connectivity index (χ2v) is 5.02. The average Bonchev–Trinajstić information content (AvgIpc) is 2.57. The minimum absolute atomic E-state index is 0.0339. The standard InChI is InChI=1S/C17H26O6/c1-5-6-7-8-13-9-14(22-11-19-2)16(17(18)21-4)15(10-13)23-12-20-3/h9-10H,5-8,11-12H2,1-4H3. The summed E-state index contributed by atoms with van der Waals surface area (Å²) in [5, 5.41) is 0. The smallest absolute Gasteiger partial charge is 0.345 e. The van der Waals surface area contributed by atoms with Crippen LogP contribution in [0.2, 0.25) is 0 Å². The third-order valence-corrected chi connectivity index (χ3v) is 3.25. The van der Waals surface area contributed by atoms with Gasteiger partial charge < -0.3 is 23.7 Å². The van der Waals surface area contributed by atoms with Crippen molar-refractivity contribution in [3.63, 3.8) is 0 Å². The van der Waals surface area contributed by atoms with Gasteiger partial charge in [-0.3, -0.25) is 0 Å². The summed E-state index contributed by atoms with van der Waals surface area (Å²) in [4.78, 5) is 12.1. The van der Waals surface area contributed by atoms with Crippen molar-refractivity contribution in [2.45, 2.75) is 32.6 Å². The van der Waals surface area contributed by atoms with Gasteiger partial charge in [-0.15, -0.1) is 0 Å². The minimum Gasteiger partial charge on any atom is -0.467 e. The Kier molecular flexibility index (Phi) is 9.09. The summed E-state index contributed by atoms with van der Waals surface area (Å²) in [5.74, 6) is 0.250. The number of ether oxygens (including phenoxy) is 5. The third-order valence-electron chi connectivity index (χ3n) is 3.25. The fraction of sp³-hybridized carbons (Fsp3) is 0.588. The highest BCUT2D eigenvalue weighted by atomic mass is 16.7. The normalized spacial score (nSPS) is 10.4. The van der Waals surface area contributed by atoms with Crippen molar-refractivity contribution < 1.29 is 28.5 Å². The molecule has 6 heteroatoms. The van der Waals surface area contributed by atoms with E-state index >= 15 is 0 Å². The van der Waals surface area contributed by atoms with Gasteiger partial charge in [-0.05, 0) is 30.5 Å². The van der Waals surface area contributed by atoms with Crippen LogP contribution in [0, 0.1) is 0 Å². The first kappa shape index (κ1) is 19.3. The minimum atomic E-state index is -0.526. The second-order valence-electron chi connectivity index (χ2n) is 5.02. The zero-order valence-electron chi connectivity index (χ0n) is 14.3. The third kappa shape index (κ3) is 6.08. The van der Waals surface area contributed by atoms with E-state index in [-0.39, 0.29) is 19.1 Å². The highest BCUT2D eigenvalue weighted by molar-refractivity contribution is 5.95. The Morgan fingerprint density at radius 2 is 1.52 bits per heavy atom. The number of carbonyl (C=O) groups is 1. The molecule has 0 aliphatic heterocycles. The highest BCUT2D eigenvalue weighted by Gasteiger charge is 2.21. The molecule has 0 spiro atoms. The molecule has 0 bridgehead atoms. The van der Waals surface area contributed by atoms with Crippen LogP contribution in [-0.2, 0) is 20.6 Å². The van der Waals surface area contributed by atoms with E-state index in [1.54, 1.807) is 0 Å². The molecular formula is C17H26O6. The van der Waals surface area contributed by atoms with E-state index in [1.807, 2.05) is 12.1 Å². The SMILES string of the molecule is CCCCCc1cc(OCOC)c(C(=O)OC)c(OCOC)c1. The highest BCUT2D eigenvalue weighted by Crippen LogP contribution is 2.32. The maximum atomic E-state index is 12.1. The van der Waals surface area contributed by atoms with Crippen molar-refractivity contribution in [2.24, 2.45) is 0 Å².